The van der Waals surface area contributed by atoms with Crippen molar-refractivity contribution in [3.05, 3.63) is 29.8 Å². The molecule has 4 rings (SSSR count). The van der Waals surface area contributed by atoms with Crippen molar-refractivity contribution in [2.45, 2.75) is 44.3 Å². The van der Waals surface area contributed by atoms with E-state index in [4.69, 9.17) is 4.74 Å². The number of carboxylic acid groups (broad SMARTS) is 1. The van der Waals surface area contributed by atoms with E-state index in [0.29, 0.717) is 12.1 Å². The normalized spacial score (nSPS) is 25.4. The van der Waals surface area contributed by atoms with Crippen LogP contribution in [-0.4, -0.2) is 67.5 Å². The topological polar surface area (TPSA) is 65.0 Å². The molecule has 1 saturated heterocycles. The zero-order chi connectivity index (χ0) is 18.6. The van der Waals surface area contributed by atoms with Crippen LogP contribution in [-0.2, 0) is 16.1 Å². The molecule has 6 heteroatoms. The Labute approximate surface area is 161 Å². The first-order valence-corrected chi connectivity index (χ1v) is 10.3. The molecule has 1 aromatic carbocycles. The lowest BCUT2D eigenvalue weighted by atomic mass is 9.85. The molecule has 3 aliphatic rings. The van der Waals surface area contributed by atoms with Crippen LogP contribution in [0.25, 0.3) is 0 Å². The van der Waals surface area contributed by atoms with Gasteiger partial charge in [0.25, 0.3) is 0 Å². The van der Waals surface area contributed by atoms with E-state index in [1.54, 1.807) is 0 Å². The first-order valence-electron chi connectivity index (χ1n) is 10.3. The highest BCUT2D eigenvalue weighted by atomic mass is 16.5. The Hall–Kier alpha value is -1.63. The average molecular weight is 373 g/mol. The van der Waals surface area contributed by atoms with Crippen LogP contribution in [0, 0.1) is 5.92 Å². The van der Waals surface area contributed by atoms with Crippen molar-refractivity contribution >= 4 is 11.7 Å². The maximum Gasteiger partial charge on any atom is 0.317 e. The lowest BCUT2D eigenvalue weighted by molar-refractivity contribution is -0.139. The molecule has 6 nitrogen and oxygen atoms in total. The largest absolute Gasteiger partial charge is 0.480 e. The van der Waals surface area contributed by atoms with Crippen molar-refractivity contribution in [1.82, 2.24) is 10.2 Å². The molecule has 27 heavy (non-hydrogen) atoms. The fourth-order valence-corrected chi connectivity index (χ4v) is 4.23. The second kappa shape index (κ2) is 8.59. The van der Waals surface area contributed by atoms with Crippen LogP contribution < -0.4 is 10.2 Å². The Morgan fingerprint density at radius 3 is 2.67 bits per heavy atom. The third kappa shape index (κ3) is 5.00. The van der Waals surface area contributed by atoms with Crippen LogP contribution in [0.5, 0.6) is 0 Å². The summed E-state index contributed by atoms with van der Waals surface area (Å²) in [5.74, 6) is 0.0308. The number of hydrogen-bond donors (Lipinski definition) is 2. The molecule has 0 unspecified atom stereocenters. The number of benzene rings is 1. The molecule has 2 N–H and O–H groups in total. The van der Waals surface area contributed by atoms with E-state index in [1.165, 1.54) is 24.1 Å². The van der Waals surface area contributed by atoms with Crippen molar-refractivity contribution < 1.29 is 14.6 Å². The molecule has 1 aromatic rings. The Bertz CT molecular complexity index is 637. The number of hydrogen-bond acceptors (Lipinski definition) is 5. The molecule has 0 bridgehead atoms. The van der Waals surface area contributed by atoms with E-state index in [0.717, 1.165) is 58.2 Å². The summed E-state index contributed by atoms with van der Waals surface area (Å²) in [6.07, 6.45) is 4.64. The van der Waals surface area contributed by atoms with Gasteiger partial charge in [0.1, 0.15) is 0 Å². The van der Waals surface area contributed by atoms with E-state index in [9.17, 15) is 9.90 Å². The van der Waals surface area contributed by atoms with E-state index >= 15 is 0 Å². The molecule has 1 heterocycles. The Morgan fingerprint density at radius 2 is 1.96 bits per heavy atom. The number of ether oxygens (including phenoxy) is 1. The van der Waals surface area contributed by atoms with Crippen LogP contribution in [0.3, 0.4) is 0 Å². The summed E-state index contributed by atoms with van der Waals surface area (Å²) in [6.45, 7) is 5.52. The molecule has 2 saturated carbocycles. The number of carboxylic acids is 1. The van der Waals surface area contributed by atoms with Gasteiger partial charge in [-0.1, -0.05) is 18.2 Å². The second-order valence-electron chi connectivity index (χ2n) is 8.20. The highest BCUT2D eigenvalue weighted by Gasteiger charge is 2.36. The zero-order valence-electron chi connectivity index (χ0n) is 16.0. The molecular weight excluding hydrogens is 342 g/mol. The third-order valence-electron chi connectivity index (χ3n) is 6.08. The first kappa shape index (κ1) is 18.7. The van der Waals surface area contributed by atoms with E-state index in [-0.39, 0.29) is 6.54 Å². The summed E-state index contributed by atoms with van der Waals surface area (Å²) in [6, 6.07) is 9.54. The standard InChI is InChI=1S/C21H31N3O3/c25-21(26)15-24(14-16-5-6-16)19-11-18(12-19)22-13-17-3-1-2-4-20(17)23-7-9-27-10-8-23/h1-4,16,18-19,22H,5-15H2,(H,25,26). The van der Waals surface area contributed by atoms with Gasteiger partial charge in [-0.3, -0.25) is 9.69 Å². The molecule has 0 aromatic heterocycles. The van der Waals surface area contributed by atoms with Crippen molar-refractivity contribution in [2.24, 2.45) is 5.92 Å². The Balaban J connectivity index is 1.27. The lowest BCUT2D eigenvalue weighted by Gasteiger charge is -2.43. The quantitative estimate of drug-likeness (QED) is 0.690. The van der Waals surface area contributed by atoms with Crippen LogP contribution in [0.15, 0.2) is 24.3 Å². The van der Waals surface area contributed by atoms with Gasteiger partial charge in [-0.05, 0) is 43.2 Å². The van der Waals surface area contributed by atoms with Crippen molar-refractivity contribution in [3.8, 4) is 0 Å². The Kier molecular flexibility index (Phi) is 5.95. The van der Waals surface area contributed by atoms with Gasteiger partial charge in [0.05, 0.1) is 19.8 Å². The third-order valence-corrected chi connectivity index (χ3v) is 6.08. The van der Waals surface area contributed by atoms with Gasteiger partial charge < -0.3 is 20.1 Å². The molecule has 3 fully saturated rings. The molecular formula is C21H31N3O3. The number of morpholine rings is 1. The number of nitrogens with zero attached hydrogens (tertiary/aromatic N) is 2. The molecule has 0 atom stereocenters. The number of aliphatic carboxylic acids is 1. The summed E-state index contributed by atoms with van der Waals surface area (Å²) >= 11 is 0. The van der Waals surface area contributed by atoms with Gasteiger partial charge in [-0.2, -0.15) is 0 Å². The average Bonchev–Trinajstić information content (AvgIpc) is 3.45. The van der Waals surface area contributed by atoms with E-state index in [2.05, 4.69) is 39.4 Å². The smallest absolute Gasteiger partial charge is 0.317 e. The zero-order valence-corrected chi connectivity index (χ0v) is 16.0. The predicted octanol–water partition coefficient (Wildman–Crippen LogP) is 1.94. The van der Waals surface area contributed by atoms with Crippen LogP contribution in [0.4, 0.5) is 5.69 Å². The highest BCUT2D eigenvalue weighted by molar-refractivity contribution is 5.69. The summed E-state index contributed by atoms with van der Waals surface area (Å²) in [4.78, 5) is 15.8. The summed E-state index contributed by atoms with van der Waals surface area (Å²) in [7, 11) is 0. The monoisotopic (exact) mass is 373 g/mol. The molecule has 2 aliphatic carbocycles. The number of para-hydroxylation sites is 1. The lowest BCUT2D eigenvalue weighted by Crippen LogP contribution is -2.54. The molecule has 148 valence electrons. The first-order chi connectivity index (χ1) is 13.2. The number of rotatable bonds is 9. The van der Waals surface area contributed by atoms with Gasteiger partial charge in [0.2, 0.25) is 0 Å². The fourth-order valence-electron chi connectivity index (χ4n) is 4.23. The SMILES string of the molecule is O=C(O)CN(CC1CC1)C1CC(NCc2ccccc2N2CCOCC2)C1. The van der Waals surface area contributed by atoms with Crippen molar-refractivity contribution in [2.75, 3.05) is 44.3 Å². The maximum absolute atomic E-state index is 11.2. The van der Waals surface area contributed by atoms with Crippen LogP contribution in [0.2, 0.25) is 0 Å². The maximum atomic E-state index is 11.2. The number of nitrogens with one attached hydrogen (secondary N) is 1. The number of anilines is 1. The van der Waals surface area contributed by atoms with E-state index < -0.39 is 5.97 Å². The van der Waals surface area contributed by atoms with Crippen LogP contribution in [0.1, 0.15) is 31.2 Å². The van der Waals surface area contributed by atoms with Gasteiger partial charge in [0.15, 0.2) is 0 Å². The Morgan fingerprint density at radius 1 is 1.22 bits per heavy atom. The molecule has 0 amide bonds. The molecule has 1 aliphatic heterocycles. The van der Waals surface area contributed by atoms with Crippen molar-refractivity contribution in [3.63, 3.8) is 0 Å². The van der Waals surface area contributed by atoms with Crippen LogP contribution >= 0.6 is 0 Å². The summed E-state index contributed by atoms with van der Waals surface area (Å²) < 4.78 is 5.48. The van der Waals surface area contributed by atoms with Gasteiger partial charge in [-0.15, -0.1) is 0 Å². The molecule has 0 spiro atoms. The van der Waals surface area contributed by atoms with Crippen molar-refractivity contribution in [1.29, 1.82) is 0 Å². The minimum atomic E-state index is -0.702. The second-order valence-corrected chi connectivity index (χ2v) is 8.20. The number of carbonyl (C=O) groups is 1. The minimum Gasteiger partial charge on any atom is -0.480 e. The van der Waals surface area contributed by atoms with Gasteiger partial charge in [-0.25, -0.2) is 0 Å². The summed E-state index contributed by atoms with van der Waals surface area (Å²) in [5.41, 5.74) is 2.65. The minimum absolute atomic E-state index is 0.188. The molecule has 0 radical (unpaired) electrons. The predicted molar refractivity (Wildman–Crippen MR) is 105 cm³/mol. The fraction of sp³-hybridized carbons (Fsp3) is 0.667. The summed E-state index contributed by atoms with van der Waals surface area (Å²) in [5, 5.41) is 12.9. The van der Waals surface area contributed by atoms with Gasteiger partial charge >= 0.3 is 5.97 Å². The van der Waals surface area contributed by atoms with Gasteiger partial charge in [0, 0.05) is 44.0 Å². The highest BCUT2D eigenvalue weighted by Crippen LogP contribution is 2.34. The van der Waals surface area contributed by atoms with E-state index in [1.807, 2.05) is 0 Å².